The number of carbonyl (C=O) groups is 1. The summed E-state index contributed by atoms with van der Waals surface area (Å²) in [7, 11) is 1.20. The fourth-order valence-electron chi connectivity index (χ4n) is 0.881. The third-order valence-electron chi connectivity index (χ3n) is 1.52. The lowest BCUT2D eigenvalue weighted by molar-refractivity contribution is 0.0600. The number of halogens is 1. The molecular formula is C8H6FN3O2. The smallest absolute Gasteiger partial charge is 0.337 e. The van der Waals surface area contributed by atoms with Crippen LogP contribution in [0.3, 0.4) is 0 Å². The molecule has 0 aliphatic heterocycles. The summed E-state index contributed by atoms with van der Waals surface area (Å²) >= 11 is 0. The summed E-state index contributed by atoms with van der Waals surface area (Å²) in [6.07, 6.45) is 0. The maximum absolute atomic E-state index is 13.1. The Hall–Kier alpha value is -2.07. The van der Waals surface area contributed by atoms with Crippen molar-refractivity contribution < 1.29 is 13.9 Å². The summed E-state index contributed by atoms with van der Waals surface area (Å²) in [5, 5.41) is 3.09. The molecule has 1 aromatic carbocycles. The summed E-state index contributed by atoms with van der Waals surface area (Å²) in [5.74, 6) is -1.40. The van der Waals surface area contributed by atoms with E-state index in [2.05, 4.69) is 14.8 Å². The Kier molecular flexibility index (Phi) is 3.04. The van der Waals surface area contributed by atoms with Crippen molar-refractivity contribution >= 4 is 11.7 Å². The van der Waals surface area contributed by atoms with E-state index in [1.54, 1.807) is 0 Å². The lowest BCUT2D eigenvalue weighted by atomic mass is 10.2. The minimum atomic E-state index is -0.759. The second kappa shape index (κ2) is 4.25. The molecule has 0 fully saturated rings. The molecule has 0 aliphatic carbocycles. The van der Waals surface area contributed by atoms with Gasteiger partial charge in [-0.2, -0.15) is 0 Å². The predicted octanol–water partition coefficient (Wildman–Crippen LogP) is 2.55. The second-order valence-electron chi connectivity index (χ2n) is 2.35. The molecule has 0 N–H and O–H groups in total. The average Bonchev–Trinajstić information content (AvgIpc) is 2.20. The predicted molar refractivity (Wildman–Crippen MR) is 46.5 cm³/mol. The van der Waals surface area contributed by atoms with E-state index in [0.29, 0.717) is 0 Å². The first-order valence-corrected chi connectivity index (χ1v) is 3.62. The zero-order chi connectivity index (χ0) is 10.6. The van der Waals surface area contributed by atoms with Crippen LogP contribution in [0.1, 0.15) is 10.4 Å². The number of ether oxygens (including phenoxy) is 1. The number of carbonyl (C=O) groups excluding carboxylic acids is 1. The van der Waals surface area contributed by atoms with Gasteiger partial charge in [0.15, 0.2) is 0 Å². The topological polar surface area (TPSA) is 75.1 Å². The van der Waals surface area contributed by atoms with Crippen molar-refractivity contribution in [2.24, 2.45) is 5.11 Å². The number of azide groups is 1. The molecule has 0 saturated heterocycles. The molecular weight excluding hydrogens is 189 g/mol. The Morgan fingerprint density at radius 1 is 1.64 bits per heavy atom. The maximum Gasteiger partial charge on any atom is 0.337 e. The molecule has 5 nitrogen and oxygen atoms in total. The van der Waals surface area contributed by atoms with Crippen LogP contribution in [0.15, 0.2) is 23.3 Å². The molecule has 6 heteroatoms. The van der Waals surface area contributed by atoms with E-state index in [0.717, 1.165) is 6.07 Å². The van der Waals surface area contributed by atoms with Gasteiger partial charge >= 0.3 is 5.97 Å². The van der Waals surface area contributed by atoms with Crippen LogP contribution in [0.5, 0.6) is 0 Å². The maximum atomic E-state index is 13.1. The van der Waals surface area contributed by atoms with Gasteiger partial charge in [-0.15, -0.1) is 0 Å². The highest BCUT2D eigenvalue weighted by molar-refractivity contribution is 5.89. The monoisotopic (exact) mass is 195 g/mol. The van der Waals surface area contributed by atoms with Crippen LogP contribution in [0, 0.1) is 5.82 Å². The first-order valence-electron chi connectivity index (χ1n) is 3.62. The van der Waals surface area contributed by atoms with Crippen LogP contribution < -0.4 is 0 Å². The van der Waals surface area contributed by atoms with Crippen LogP contribution in [-0.2, 0) is 4.74 Å². The van der Waals surface area contributed by atoms with Crippen LogP contribution in [0.25, 0.3) is 10.4 Å². The zero-order valence-corrected chi connectivity index (χ0v) is 7.27. The molecule has 0 aliphatic rings. The van der Waals surface area contributed by atoms with Gasteiger partial charge in [0.05, 0.1) is 18.4 Å². The molecule has 0 heterocycles. The van der Waals surface area contributed by atoms with E-state index in [-0.39, 0.29) is 11.3 Å². The number of nitrogens with zero attached hydrogens (tertiary/aromatic N) is 3. The van der Waals surface area contributed by atoms with E-state index in [9.17, 15) is 9.18 Å². The van der Waals surface area contributed by atoms with Gasteiger partial charge in [-0.25, -0.2) is 9.18 Å². The summed E-state index contributed by atoms with van der Waals surface area (Å²) in [5.41, 5.74) is 7.99. The Balaban J connectivity index is 3.12. The van der Waals surface area contributed by atoms with Crippen LogP contribution in [0.2, 0.25) is 0 Å². The summed E-state index contributed by atoms with van der Waals surface area (Å²) in [6, 6.07) is 3.48. The van der Waals surface area contributed by atoms with Gasteiger partial charge in [-0.1, -0.05) is 5.11 Å². The van der Waals surface area contributed by atoms with Gasteiger partial charge in [-0.05, 0) is 23.7 Å². The third-order valence-corrected chi connectivity index (χ3v) is 1.52. The summed E-state index contributed by atoms with van der Waals surface area (Å²) < 4.78 is 17.4. The Labute approximate surface area is 78.7 Å². The zero-order valence-electron chi connectivity index (χ0n) is 7.27. The number of benzene rings is 1. The van der Waals surface area contributed by atoms with E-state index in [1.165, 1.54) is 19.2 Å². The lowest BCUT2D eigenvalue weighted by Crippen LogP contribution is -2.01. The molecule has 1 aromatic rings. The Morgan fingerprint density at radius 3 is 2.86 bits per heavy atom. The number of hydrogen-bond acceptors (Lipinski definition) is 3. The summed E-state index contributed by atoms with van der Waals surface area (Å²) in [4.78, 5) is 13.4. The molecule has 0 radical (unpaired) electrons. The molecule has 1 rings (SSSR count). The van der Waals surface area contributed by atoms with Crippen molar-refractivity contribution in [1.82, 2.24) is 0 Å². The number of hydrogen-bond donors (Lipinski definition) is 0. The molecule has 14 heavy (non-hydrogen) atoms. The summed E-state index contributed by atoms with van der Waals surface area (Å²) in [6.45, 7) is 0. The molecule has 72 valence electrons. The van der Waals surface area contributed by atoms with Crippen molar-refractivity contribution in [2.75, 3.05) is 7.11 Å². The van der Waals surface area contributed by atoms with Gasteiger partial charge in [0.25, 0.3) is 0 Å². The fourth-order valence-corrected chi connectivity index (χ4v) is 0.881. The molecule has 0 bridgehead atoms. The van der Waals surface area contributed by atoms with Crippen LogP contribution >= 0.6 is 0 Å². The first kappa shape index (κ1) is 10.0. The van der Waals surface area contributed by atoms with Gasteiger partial charge < -0.3 is 4.74 Å². The average molecular weight is 195 g/mol. The van der Waals surface area contributed by atoms with E-state index < -0.39 is 11.8 Å². The highest BCUT2D eigenvalue weighted by atomic mass is 19.1. The molecule has 0 saturated carbocycles. The SMILES string of the molecule is COC(=O)c1ccc(N=[N+]=[N-])c(F)c1. The van der Waals surface area contributed by atoms with E-state index in [4.69, 9.17) is 5.53 Å². The van der Waals surface area contributed by atoms with Gasteiger partial charge in [0, 0.05) is 4.91 Å². The van der Waals surface area contributed by atoms with E-state index in [1.807, 2.05) is 0 Å². The Bertz CT molecular complexity index is 413. The molecule has 0 unspecified atom stereocenters. The van der Waals surface area contributed by atoms with Gasteiger partial charge in [-0.3, -0.25) is 0 Å². The van der Waals surface area contributed by atoms with Crippen molar-refractivity contribution in [3.8, 4) is 0 Å². The van der Waals surface area contributed by atoms with Gasteiger partial charge in [0.2, 0.25) is 0 Å². The molecule has 0 amide bonds. The van der Waals surface area contributed by atoms with Crippen LogP contribution in [0.4, 0.5) is 10.1 Å². The lowest BCUT2D eigenvalue weighted by Gasteiger charge is -2.00. The normalized spacial score (nSPS) is 9.00. The second-order valence-corrected chi connectivity index (χ2v) is 2.35. The quantitative estimate of drug-likeness (QED) is 0.314. The van der Waals surface area contributed by atoms with Crippen molar-refractivity contribution in [3.63, 3.8) is 0 Å². The highest BCUT2D eigenvalue weighted by Gasteiger charge is 2.08. The number of esters is 1. The van der Waals surface area contributed by atoms with Gasteiger partial charge in [0.1, 0.15) is 5.82 Å². The third kappa shape index (κ3) is 1.99. The molecule has 0 atom stereocenters. The van der Waals surface area contributed by atoms with Crippen molar-refractivity contribution in [1.29, 1.82) is 0 Å². The number of methoxy groups -OCH3 is 1. The molecule has 0 spiro atoms. The fraction of sp³-hybridized carbons (Fsp3) is 0.125. The van der Waals surface area contributed by atoms with E-state index >= 15 is 0 Å². The minimum absolute atomic E-state index is 0.0712. The largest absolute Gasteiger partial charge is 0.465 e. The minimum Gasteiger partial charge on any atom is -0.465 e. The first-order chi connectivity index (χ1) is 6.69. The van der Waals surface area contributed by atoms with Crippen molar-refractivity contribution in [3.05, 3.63) is 40.0 Å². The standard InChI is InChI=1S/C8H6FN3O2/c1-14-8(13)5-2-3-7(11-12-10)6(9)4-5/h2-4H,1H3. The van der Waals surface area contributed by atoms with Crippen LogP contribution in [-0.4, -0.2) is 13.1 Å². The Morgan fingerprint density at radius 2 is 2.36 bits per heavy atom. The van der Waals surface area contributed by atoms with Crippen molar-refractivity contribution in [2.45, 2.75) is 0 Å². The molecule has 0 aromatic heterocycles. The number of rotatable bonds is 2. The highest BCUT2D eigenvalue weighted by Crippen LogP contribution is 2.19.